The van der Waals surface area contributed by atoms with Crippen LogP contribution in [0.15, 0.2) is 48.5 Å². The van der Waals surface area contributed by atoms with E-state index in [1.54, 1.807) is 24.3 Å². The first-order valence-corrected chi connectivity index (χ1v) is 10.9. The molecule has 3 aromatic rings. The summed E-state index contributed by atoms with van der Waals surface area (Å²) >= 11 is 0. The van der Waals surface area contributed by atoms with Crippen molar-refractivity contribution in [2.45, 2.75) is 32.1 Å². The second kappa shape index (κ2) is 8.42. The number of aryl methyl sites for hydroxylation is 1. The van der Waals surface area contributed by atoms with E-state index < -0.39 is 18.5 Å². The predicted molar refractivity (Wildman–Crippen MR) is 121 cm³/mol. The number of nitrogens with zero attached hydrogens (tertiary/aromatic N) is 2. The molecule has 0 bridgehead atoms. The Bertz CT molecular complexity index is 1240. The zero-order valence-corrected chi connectivity index (χ0v) is 17.6. The molecule has 0 saturated carbocycles. The van der Waals surface area contributed by atoms with Gasteiger partial charge in [-0.25, -0.2) is 4.79 Å². The molecule has 0 spiro atoms. The molecule has 1 aliphatic carbocycles. The molecule has 2 heterocycles. The van der Waals surface area contributed by atoms with E-state index in [0.29, 0.717) is 16.9 Å². The van der Waals surface area contributed by atoms with E-state index in [2.05, 4.69) is 5.32 Å². The summed E-state index contributed by atoms with van der Waals surface area (Å²) in [6.07, 6.45) is 4.73. The third-order valence-electron chi connectivity index (χ3n) is 6.02. The van der Waals surface area contributed by atoms with Crippen molar-refractivity contribution in [3.05, 3.63) is 65.4 Å². The molecule has 5 rings (SSSR count). The highest BCUT2D eigenvalue weighted by atomic mass is 16.5. The number of hydrogen-bond donors (Lipinski definition) is 1. The summed E-state index contributed by atoms with van der Waals surface area (Å²) in [5.41, 5.74) is 4.30. The van der Waals surface area contributed by atoms with Crippen LogP contribution in [-0.4, -0.2) is 35.9 Å². The number of para-hydroxylation sites is 3. The van der Waals surface area contributed by atoms with Crippen LogP contribution in [0.4, 0.5) is 11.4 Å². The average Bonchev–Trinajstić information content (AvgIpc) is 3.05. The Labute approximate surface area is 185 Å². The Morgan fingerprint density at radius 2 is 1.78 bits per heavy atom. The lowest BCUT2D eigenvalue weighted by atomic mass is 9.97. The largest absolute Gasteiger partial charge is 0.452 e. The fraction of sp³-hybridized carbons (Fsp3) is 0.280. The SMILES string of the molecule is O=C1CN(C(=O)COC(=O)c2c3c(nc4ccccc24)CCCCC3)c2ccccc2N1. The molecule has 1 N–H and O–H groups in total. The maximum Gasteiger partial charge on any atom is 0.339 e. The molecule has 0 fully saturated rings. The quantitative estimate of drug-likeness (QED) is 0.507. The first kappa shape index (κ1) is 20.2. The van der Waals surface area contributed by atoms with Gasteiger partial charge in [-0.15, -0.1) is 0 Å². The summed E-state index contributed by atoms with van der Waals surface area (Å²) < 4.78 is 5.52. The number of carbonyl (C=O) groups excluding carboxylic acids is 3. The highest BCUT2D eigenvalue weighted by Crippen LogP contribution is 2.31. The van der Waals surface area contributed by atoms with E-state index in [1.807, 2.05) is 24.3 Å². The Morgan fingerprint density at radius 1 is 1.00 bits per heavy atom. The molecule has 0 saturated heterocycles. The van der Waals surface area contributed by atoms with Gasteiger partial charge in [-0.1, -0.05) is 36.8 Å². The van der Waals surface area contributed by atoms with Gasteiger partial charge in [0.25, 0.3) is 5.91 Å². The van der Waals surface area contributed by atoms with Crippen molar-refractivity contribution in [1.82, 2.24) is 4.98 Å². The zero-order valence-electron chi connectivity index (χ0n) is 17.6. The van der Waals surface area contributed by atoms with Crippen LogP contribution in [-0.2, 0) is 27.2 Å². The van der Waals surface area contributed by atoms with Crippen LogP contribution in [0.1, 0.15) is 40.9 Å². The highest BCUT2D eigenvalue weighted by Gasteiger charge is 2.28. The van der Waals surface area contributed by atoms with Gasteiger partial charge in [-0.3, -0.25) is 19.5 Å². The van der Waals surface area contributed by atoms with Crippen molar-refractivity contribution < 1.29 is 19.1 Å². The van der Waals surface area contributed by atoms with E-state index in [9.17, 15) is 14.4 Å². The number of aromatic nitrogens is 1. The third-order valence-corrected chi connectivity index (χ3v) is 6.02. The number of ether oxygens (including phenoxy) is 1. The monoisotopic (exact) mass is 429 g/mol. The lowest BCUT2D eigenvalue weighted by molar-refractivity contribution is -0.124. The molecule has 32 heavy (non-hydrogen) atoms. The Kier molecular flexibility index (Phi) is 5.31. The number of amides is 2. The van der Waals surface area contributed by atoms with Crippen LogP contribution in [0.5, 0.6) is 0 Å². The van der Waals surface area contributed by atoms with Crippen LogP contribution < -0.4 is 10.2 Å². The van der Waals surface area contributed by atoms with Crippen molar-refractivity contribution in [2.75, 3.05) is 23.4 Å². The minimum absolute atomic E-state index is 0.110. The number of fused-ring (bicyclic) bond motifs is 3. The smallest absolute Gasteiger partial charge is 0.339 e. The molecule has 2 aromatic carbocycles. The normalized spacial score (nSPS) is 15.4. The minimum atomic E-state index is -0.523. The molecule has 2 amide bonds. The van der Waals surface area contributed by atoms with Crippen LogP contribution >= 0.6 is 0 Å². The molecule has 0 radical (unpaired) electrons. The summed E-state index contributed by atoms with van der Waals surface area (Å²) in [6, 6.07) is 14.6. The number of nitrogens with one attached hydrogen (secondary N) is 1. The summed E-state index contributed by atoms with van der Waals surface area (Å²) in [5, 5.41) is 3.49. The standard InChI is InChI=1S/C25H23N3O4/c29-22-14-28(21-13-7-6-12-20(21)27-22)23(30)15-32-25(31)24-16-8-2-1-3-10-18(16)26-19-11-5-4-9-17(19)24/h4-7,9,11-13H,1-3,8,10,14-15H2,(H,27,29). The molecule has 7 heteroatoms. The molecule has 1 aliphatic heterocycles. The van der Waals surface area contributed by atoms with Gasteiger partial charge in [0.1, 0.15) is 6.54 Å². The van der Waals surface area contributed by atoms with E-state index in [1.165, 1.54) is 4.90 Å². The number of carbonyl (C=O) groups is 3. The van der Waals surface area contributed by atoms with Crippen LogP contribution in [0.2, 0.25) is 0 Å². The number of anilines is 2. The summed E-state index contributed by atoms with van der Waals surface area (Å²) in [6.45, 7) is -0.549. The number of pyridine rings is 1. The van der Waals surface area contributed by atoms with Gasteiger partial charge in [-0.05, 0) is 49.4 Å². The molecule has 7 nitrogen and oxygen atoms in total. The second-order valence-electron chi connectivity index (χ2n) is 8.11. The lowest BCUT2D eigenvalue weighted by Gasteiger charge is -2.29. The van der Waals surface area contributed by atoms with Gasteiger partial charge in [0.2, 0.25) is 5.91 Å². The predicted octanol–water partition coefficient (Wildman–Crippen LogP) is 3.65. The topological polar surface area (TPSA) is 88.6 Å². The summed E-state index contributed by atoms with van der Waals surface area (Å²) in [5.74, 6) is -1.25. The van der Waals surface area contributed by atoms with Crippen molar-refractivity contribution in [3.63, 3.8) is 0 Å². The van der Waals surface area contributed by atoms with Gasteiger partial charge >= 0.3 is 5.97 Å². The van der Waals surface area contributed by atoms with Crippen LogP contribution in [0, 0.1) is 0 Å². The number of rotatable bonds is 3. The number of hydrogen-bond acceptors (Lipinski definition) is 5. The summed E-state index contributed by atoms with van der Waals surface area (Å²) in [7, 11) is 0. The molecular formula is C25H23N3O4. The molecule has 0 unspecified atom stereocenters. The van der Waals surface area contributed by atoms with Crippen LogP contribution in [0.25, 0.3) is 10.9 Å². The van der Waals surface area contributed by atoms with E-state index in [-0.39, 0.29) is 12.5 Å². The molecule has 2 aliphatic rings. The summed E-state index contributed by atoms with van der Waals surface area (Å²) in [4.78, 5) is 44.3. The van der Waals surface area contributed by atoms with Gasteiger partial charge in [-0.2, -0.15) is 0 Å². The van der Waals surface area contributed by atoms with E-state index >= 15 is 0 Å². The molecule has 1 aromatic heterocycles. The molecular weight excluding hydrogens is 406 g/mol. The van der Waals surface area contributed by atoms with E-state index in [4.69, 9.17) is 9.72 Å². The average molecular weight is 429 g/mol. The van der Waals surface area contributed by atoms with Crippen molar-refractivity contribution in [1.29, 1.82) is 0 Å². The third kappa shape index (κ3) is 3.70. The number of esters is 1. The first-order valence-electron chi connectivity index (χ1n) is 10.9. The molecule has 162 valence electrons. The van der Waals surface area contributed by atoms with Crippen LogP contribution in [0.3, 0.4) is 0 Å². The van der Waals surface area contributed by atoms with E-state index in [0.717, 1.165) is 54.3 Å². The van der Waals surface area contributed by atoms with Gasteiger partial charge in [0.05, 0.1) is 22.5 Å². The first-order chi connectivity index (χ1) is 15.6. The Balaban J connectivity index is 1.42. The highest BCUT2D eigenvalue weighted by molar-refractivity contribution is 6.11. The zero-order chi connectivity index (χ0) is 22.1. The van der Waals surface area contributed by atoms with Crippen molar-refractivity contribution >= 4 is 40.1 Å². The van der Waals surface area contributed by atoms with Gasteiger partial charge < -0.3 is 10.1 Å². The van der Waals surface area contributed by atoms with Gasteiger partial charge in [0.15, 0.2) is 6.61 Å². The van der Waals surface area contributed by atoms with Crippen molar-refractivity contribution in [2.24, 2.45) is 0 Å². The fourth-order valence-corrected chi connectivity index (χ4v) is 4.52. The van der Waals surface area contributed by atoms with Gasteiger partial charge in [0, 0.05) is 11.1 Å². The lowest BCUT2D eigenvalue weighted by Crippen LogP contribution is -2.44. The maximum absolute atomic E-state index is 13.2. The maximum atomic E-state index is 13.2. The number of benzene rings is 2. The minimum Gasteiger partial charge on any atom is -0.452 e. The Morgan fingerprint density at radius 3 is 2.69 bits per heavy atom. The Hall–Kier alpha value is -3.74. The molecule has 0 atom stereocenters. The second-order valence-corrected chi connectivity index (χ2v) is 8.11. The van der Waals surface area contributed by atoms with Crippen molar-refractivity contribution in [3.8, 4) is 0 Å². The fourth-order valence-electron chi connectivity index (χ4n) is 4.52.